The normalized spacial score (nSPS) is 10.0. The summed E-state index contributed by atoms with van der Waals surface area (Å²) in [6, 6.07) is 7.37. The van der Waals surface area contributed by atoms with Crippen molar-refractivity contribution >= 4 is 5.69 Å². The van der Waals surface area contributed by atoms with Gasteiger partial charge in [0, 0.05) is 0 Å². The molecule has 3 heteroatoms. The minimum absolute atomic E-state index is 0.450. The molecule has 1 aromatic carbocycles. The van der Waals surface area contributed by atoms with E-state index in [0.717, 1.165) is 6.42 Å². The molecule has 0 bridgehead atoms. The van der Waals surface area contributed by atoms with E-state index < -0.39 is 0 Å². The number of nitrogens with two attached hydrogens (primary N) is 1. The van der Waals surface area contributed by atoms with Crippen molar-refractivity contribution in [3.05, 3.63) is 23.8 Å². The highest BCUT2D eigenvalue weighted by Gasteiger charge is 2.04. The largest absolute Gasteiger partial charge is 0.491 e. The molecular formula is C15H22N2O. The molecule has 0 aliphatic heterocycles. The van der Waals surface area contributed by atoms with E-state index in [1.54, 1.807) is 12.1 Å². The molecule has 0 heterocycles. The number of rotatable bonds is 8. The van der Waals surface area contributed by atoms with Crippen LogP contribution in [0.15, 0.2) is 18.2 Å². The van der Waals surface area contributed by atoms with Crippen molar-refractivity contribution in [2.45, 2.75) is 45.4 Å². The quantitative estimate of drug-likeness (QED) is 0.559. The molecule has 0 saturated heterocycles. The summed E-state index contributed by atoms with van der Waals surface area (Å²) >= 11 is 0. The molecule has 0 fully saturated rings. The average molecular weight is 246 g/mol. The van der Waals surface area contributed by atoms with Crippen LogP contribution in [0.1, 0.15) is 51.0 Å². The fourth-order valence-electron chi connectivity index (χ4n) is 1.83. The number of nitrogen functional groups attached to an aromatic ring is 1. The maximum absolute atomic E-state index is 8.85. The Morgan fingerprint density at radius 2 is 1.89 bits per heavy atom. The highest BCUT2D eigenvalue weighted by atomic mass is 16.5. The van der Waals surface area contributed by atoms with Gasteiger partial charge in [0.05, 0.1) is 17.9 Å². The molecule has 3 nitrogen and oxygen atoms in total. The van der Waals surface area contributed by atoms with E-state index in [1.807, 2.05) is 6.07 Å². The minimum Gasteiger partial charge on any atom is -0.491 e. The number of ether oxygens (including phenoxy) is 1. The molecule has 2 N–H and O–H groups in total. The van der Waals surface area contributed by atoms with Crippen molar-refractivity contribution in [1.29, 1.82) is 5.26 Å². The van der Waals surface area contributed by atoms with Crippen molar-refractivity contribution in [3.8, 4) is 11.8 Å². The molecule has 1 aromatic rings. The predicted octanol–water partition coefficient (Wildman–Crippen LogP) is 3.88. The van der Waals surface area contributed by atoms with E-state index in [-0.39, 0.29) is 0 Å². The van der Waals surface area contributed by atoms with E-state index >= 15 is 0 Å². The van der Waals surface area contributed by atoms with Gasteiger partial charge in [-0.2, -0.15) is 5.26 Å². The summed E-state index contributed by atoms with van der Waals surface area (Å²) in [4.78, 5) is 0. The van der Waals surface area contributed by atoms with Crippen LogP contribution >= 0.6 is 0 Å². The fourth-order valence-corrected chi connectivity index (χ4v) is 1.83. The number of nitrogens with zero attached hydrogens (tertiary/aromatic N) is 1. The van der Waals surface area contributed by atoms with E-state index in [9.17, 15) is 0 Å². The van der Waals surface area contributed by atoms with Crippen LogP contribution in [-0.2, 0) is 0 Å². The summed E-state index contributed by atoms with van der Waals surface area (Å²) in [5.74, 6) is 0.627. The Morgan fingerprint density at radius 1 is 1.17 bits per heavy atom. The molecule has 0 aromatic heterocycles. The molecule has 0 spiro atoms. The monoisotopic (exact) mass is 246 g/mol. The second kappa shape index (κ2) is 8.41. The molecular weight excluding hydrogens is 224 g/mol. The molecule has 0 atom stereocenters. The van der Waals surface area contributed by atoms with Gasteiger partial charge in [-0.3, -0.25) is 0 Å². The summed E-state index contributed by atoms with van der Waals surface area (Å²) < 4.78 is 5.61. The van der Waals surface area contributed by atoms with Gasteiger partial charge in [0.2, 0.25) is 0 Å². The Hall–Kier alpha value is -1.69. The number of unbranched alkanes of at least 4 members (excludes halogenated alkanes) is 5. The smallest absolute Gasteiger partial charge is 0.143 e. The number of benzene rings is 1. The van der Waals surface area contributed by atoms with Crippen LogP contribution < -0.4 is 10.5 Å². The van der Waals surface area contributed by atoms with Crippen molar-refractivity contribution in [3.63, 3.8) is 0 Å². The third-order valence-corrected chi connectivity index (χ3v) is 2.94. The van der Waals surface area contributed by atoms with E-state index in [4.69, 9.17) is 15.7 Å². The van der Waals surface area contributed by atoms with Gasteiger partial charge in [-0.05, 0) is 18.6 Å². The summed E-state index contributed by atoms with van der Waals surface area (Å²) in [6.07, 6.45) is 7.40. The van der Waals surface area contributed by atoms with Crippen molar-refractivity contribution in [2.75, 3.05) is 12.3 Å². The summed E-state index contributed by atoms with van der Waals surface area (Å²) in [5, 5.41) is 8.85. The van der Waals surface area contributed by atoms with Gasteiger partial charge < -0.3 is 10.5 Å². The van der Waals surface area contributed by atoms with Crippen LogP contribution in [0, 0.1) is 11.3 Å². The third-order valence-electron chi connectivity index (χ3n) is 2.94. The summed E-state index contributed by atoms with van der Waals surface area (Å²) in [5.41, 5.74) is 6.76. The van der Waals surface area contributed by atoms with Crippen LogP contribution in [0.3, 0.4) is 0 Å². The summed E-state index contributed by atoms with van der Waals surface area (Å²) in [6.45, 7) is 2.89. The van der Waals surface area contributed by atoms with Gasteiger partial charge in [-0.1, -0.05) is 45.1 Å². The zero-order chi connectivity index (χ0) is 13.2. The highest BCUT2D eigenvalue weighted by molar-refractivity contribution is 5.62. The SMILES string of the molecule is CCCCCCCCOc1cccc(C#N)c1N. The third kappa shape index (κ3) is 4.67. The van der Waals surface area contributed by atoms with Crippen LogP contribution in [0.4, 0.5) is 5.69 Å². The van der Waals surface area contributed by atoms with Crippen LogP contribution in [-0.4, -0.2) is 6.61 Å². The van der Waals surface area contributed by atoms with Crippen LogP contribution in [0.5, 0.6) is 5.75 Å². The molecule has 18 heavy (non-hydrogen) atoms. The van der Waals surface area contributed by atoms with Gasteiger partial charge in [0.1, 0.15) is 11.8 Å². The molecule has 1 rings (SSSR count). The Morgan fingerprint density at radius 3 is 2.61 bits per heavy atom. The zero-order valence-electron chi connectivity index (χ0n) is 11.1. The van der Waals surface area contributed by atoms with Crippen molar-refractivity contribution in [1.82, 2.24) is 0 Å². The zero-order valence-corrected chi connectivity index (χ0v) is 11.1. The molecule has 0 unspecified atom stereocenters. The van der Waals surface area contributed by atoms with Gasteiger partial charge in [-0.25, -0.2) is 0 Å². The molecule has 0 saturated carbocycles. The number of para-hydroxylation sites is 1. The van der Waals surface area contributed by atoms with Gasteiger partial charge in [0.15, 0.2) is 0 Å². The first kappa shape index (κ1) is 14.4. The maximum atomic E-state index is 8.85. The number of hydrogen-bond acceptors (Lipinski definition) is 3. The second-order valence-electron chi connectivity index (χ2n) is 4.45. The number of nitriles is 1. The first-order chi connectivity index (χ1) is 8.79. The van der Waals surface area contributed by atoms with Crippen molar-refractivity contribution in [2.24, 2.45) is 0 Å². The number of anilines is 1. The lowest BCUT2D eigenvalue weighted by molar-refractivity contribution is 0.306. The standard InChI is InChI=1S/C15H22N2O/c1-2-3-4-5-6-7-11-18-14-10-8-9-13(12-16)15(14)17/h8-10H,2-7,11,17H2,1H3. The summed E-state index contributed by atoms with van der Waals surface area (Å²) in [7, 11) is 0. The fraction of sp³-hybridized carbons (Fsp3) is 0.533. The molecule has 0 aliphatic carbocycles. The average Bonchev–Trinajstić information content (AvgIpc) is 2.39. The topological polar surface area (TPSA) is 59.0 Å². The maximum Gasteiger partial charge on any atom is 0.143 e. The van der Waals surface area contributed by atoms with Crippen molar-refractivity contribution < 1.29 is 4.74 Å². The molecule has 0 radical (unpaired) electrons. The van der Waals surface area contributed by atoms with E-state index in [1.165, 1.54) is 32.1 Å². The first-order valence-corrected chi connectivity index (χ1v) is 6.71. The Labute approximate surface area is 110 Å². The number of hydrogen-bond donors (Lipinski definition) is 1. The van der Waals surface area contributed by atoms with Crippen LogP contribution in [0.25, 0.3) is 0 Å². The molecule has 0 aliphatic rings. The predicted molar refractivity (Wildman–Crippen MR) is 74.4 cm³/mol. The lowest BCUT2D eigenvalue weighted by Crippen LogP contribution is -2.01. The Bertz CT molecular complexity index is 396. The second-order valence-corrected chi connectivity index (χ2v) is 4.45. The minimum atomic E-state index is 0.450. The first-order valence-electron chi connectivity index (χ1n) is 6.71. The molecule has 0 amide bonds. The van der Waals surface area contributed by atoms with E-state index in [2.05, 4.69) is 13.0 Å². The highest BCUT2D eigenvalue weighted by Crippen LogP contribution is 2.24. The lowest BCUT2D eigenvalue weighted by Gasteiger charge is -2.09. The molecule has 98 valence electrons. The lowest BCUT2D eigenvalue weighted by atomic mass is 10.1. The van der Waals surface area contributed by atoms with Gasteiger partial charge in [-0.15, -0.1) is 0 Å². The Kier molecular flexibility index (Phi) is 6.71. The van der Waals surface area contributed by atoms with Gasteiger partial charge >= 0.3 is 0 Å². The van der Waals surface area contributed by atoms with E-state index in [0.29, 0.717) is 23.6 Å². The van der Waals surface area contributed by atoms with Crippen LogP contribution in [0.2, 0.25) is 0 Å². The Balaban J connectivity index is 2.26. The van der Waals surface area contributed by atoms with Gasteiger partial charge in [0.25, 0.3) is 0 Å².